The molecule has 0 aliphatic heterocycles. The van der Waals surface area contributed by atoms with Crippen LogP contribution in [-0.2, 0) is 4.79 Å². The van der Waals surface area contributed by atoms with E-state index in [-0.39, 0.29) is 11.7 Å². The summed E-state index contributed by atoms with van der Waals surface area (Å²) in [6, 6.07) is 9.65. The zero-order valence-electron chi connectivity index (χ0n) is 14.5. The lowest BCUT2D eigenvalue weighted by atomic mass is 10.0. The minimum atomic E-state index is 0.201. The van der Waals surface area contributed by atoms with Gasteiger partial charge >= 0.3 is 0 Å². The van der Waals surface area contributed by atoms with E-state index in [1.807, 2.05) is 56.3 Å². The minimum absolute atomic E-state index is 0.201. The summed E-state index contributed by atoms with van der Waals surface area (Å²) in [5.41, 5.74) is 1.97. The molecule has 4 nitrogen and oxygen atoms in total. The molecule has 0 saturated carbocycles. The standard InChI is InChI=1S/C20H20N2O2S/c1-13(10-14(2)23)4-5-16-6-9-20(21-12-16)24-17-7-8-18-19(11-17)25-15(3)22-18/h4-9,11-13H,10H2,1-3H3/b5-4+/t13-/m0/s1. The Bertz CT molecular complexity index is 913. The lowest BCUT2D eigenvalue weighted by molar-refractivity contribution is -0.117. The van der Waals surface area contributed by atoms with Crippen LogP contribution in [0.5, 0.6) is 11.6 Å². The van der Waals surface area contributed by atoms with Gasteiger partial charge in [0.15, 0.2) is 0 Å². The molecule has 0 aliphatic carbocycles. The molecule has 25 heavy (non-hydrogen) atoms. The Morgan fingerprint density at radius 1 is 1.32 bits per heavy atom. The summed E-state index contributed by atoms with van der Waals surface area (Å²) in [5, 5.41) is 1.04. The van der Waals surface area contributed by atoms with Gasteiger partial charge in [-0.2, -0.15) is 0 Å². The molecule has 0 radical (unpaired) electrons. The number of ketones is 1. The number of ether oxygens (including phenoxy) is 1. The normalized spacial score (nSPS) is 12.6. The Hall–Kier alpha value is -2.53. The van der Waals surface area contributed by atoms with Gasteiger partial charge in [0, 0.05) is 24.8 Å². The molecule has 0 bridgehead atoms. The summed E-state index contributed by atoms with van der Waals surface area (Å²) in [7, 11) is 0. The van der Waals surface area contributed by atoms with Gasteiger partial charge in [0.05, 0.1) is 15.2 Å². The number of thiazole rings is 1. The third kappa shape index (κ3) is 4.73. The second-order valence-corrected chi connectivity index (χ2v) is 7.37. The van der Waals surface area contributed by atoms with E-state index in [1.165, 1.54) is 0 Å². The molecule has 1 aromatic carbocycles. The van der Waals surface area contributed by atoms with Crippen molar-refractivity contribution in [2.24, 2.45) is 5.92 Å². The van der Waals surface area contributed by atoms with Crippen LogP contribution in [0.2, 0.25) is 0 Å². The Kier molecular flexibility index (Phi) is 5.24. The summed E-state index contributed by atoms with van der Waals surface area (Å²) in [6.45, 7) is 5.64. The van der Waals surface area contributed by atoms with Crippen LogP contribution >= 0.6 is 11.3 Å². The molecular weight excluding hydrogens is 332 g/mol. The fourth-order valence-corrected chi connectivity index (χ4v) is 3.41. The second-order valence-electron chi connectivity index (χ2n) is 6.14. The lowest BCUT2D eigenvalue weighted by Gasteiger charge is -2.05. The van der Waals surface area contributed by atoms with E-state index < -0.39 is 0 Å². The third-order valence-electron chi connectivity index (χ3n) is 3.68. The lowest BCUT2D eigenvalue weighted by Crippen LogP contribution is -1.97. The van der Waals surface area contributed by atoms with Gasteiger partial charge in [-0.1, -0.05) is 19.1 Å². The molecule has 0 amide bonds. The number of Topliss-reactive ketones (excluding diaryl/α,β-unsaturated/α-hetero) is 1. The van der Waals surface area contributed by atoms with E-state index in [2.05, 4.69) is 9.97 Å². The molecule has 2 heterocycles. The molecule has 0 N–H and O–H groups in total. The number of aryl methyl sites for hydroxylation is 1. The molecule has 0 fully saturated rings. The van der Waals surface area contributed by atoms with E-state index in [0.717, 1.165) is 26.5 Å². The number of benzene rings is 1. The van der Waals surface area contributed by atoms with E-state index >= 15 is 0 Å². The Labute approximate surface area is 151 Å². The predicted octanol–water partition coefficient (Wildman–Crippen LogP) is 5.42. The molecule has 0 spiro atoms. The largest absolute Gasteiger partial charge is 0.439 e. The van der Waals surface area contributed by atoms with E-state index in [9.17, 15) is 4.79 Å². The predicted molar refractivity (Wildman–Crippen MR) is 102 cm³/mol. The van der Waals surface area contributed by atoms with Gasteiger partial charge < -0.3 is 9.53 Å². The number of rotatable bonds is 6. The van der Waals surface area contributed by atoms with Gasteiger partial charge in [0.2, 0.25) is 5.88 Å². The average molecular weight is 352 g/mol. The smallest absolute Gasteiger partial charge is 0.219 e. The maximum absolute atomic E-state index is 11.1. The van der Waals surface area contributed by atoms with Crippen molar-refractivity contribution in [1.82, 2.24) is 9.97 Å². The minimum Gasteiger partial charge on any atom is -0.439 e. The summed E-state index contributed by atoms with van der Waals surface area (Å²) in [5.74, 6) is 1.73. The summed E-state index contributed by atoms with van der Waals surface area (Å²) < 4.78 is 6.93. The van der Waals surface area contributed by atoms with Crippen LogP contribution < -0.4 is 4.74 Å². The molecule has 2 aromatic heterocycles. The van der Waals surface area contributed by atoms with Gasteiger partial charge in [-0.3, -0.25) is 0 Å². The average Bonchev–Trinajstić information content (AvgIpc) is 2.93. The van der Waals surface area contributed by atoms with Crippen LogP contribution in [0.1, 0.15) is 30.8 Å². The van der Waals surface area contributed by atoms with Crippen LogP contribution in [0.4, 0.5) is 0 Å². The number of pyridine rings is 1. The SMILES string of the molecule is CC(=O)C[C@@H](C)/C=C/c1ccc(Oc2ccc3nc(C)sc3c2)nc1. The molecule has 3 aromatic rings. The molecule has 3 rings (SSSR count). The number of hydrogen-bond donors (Lipinski definition) is 0. The zero-order valence-corrected chi connectivity index (χ0v) is 15.3. The van der Waals surface area contributed by atoms with Crippen LogP contribution in [0.25, 0.3) is 16.3 Å². The Morgan fingerprint density at radius 2 is 2.16 bits per heavy atom. The number of hydrogen-bond acceptors (Lipinski definition) is 5. The monoisotopic (exact) mass is 352 g/mol. The third-order valence-corrected chi connectivity index (χ3v) is 4.61. The Balaban J connectivity index is 1.67. The van der Waals surface area contributed by atoms with Gasteiger partial charge in [0.1, 0.15) is 11.5 Å². The number of carbonyl (C=O) groups is 1. The van der Waals surface area contributed by atoms with Gasteiger partial charge in [-0.15, -0.1) is 11.3 Å². The van der Waals surface area contributed by atoms with E-state index in [1.54, 1.807) is 24.5 Å². The number of allylic oxidation sites excluding steroid dienone is 1. The first-order chi connectivity index (χ1) is 12.0. The van der Waals surface area contributed by atoms with Crippen molar-refractivity contribution in [3.8, 4) is 11.6 Å². The van der Waals surface area contributed by atoms with E-state index in [0.29, 0.717) is 12.3 Å². The highest BCUT2D eigenvalue weighted by molar-refractivity contribution is 7.18. The van der Waals surface area contributed by atoms with Crippen molar-refractivity contribution in [2.45, 2.75) is 27.2 Å². The number of fused-ring (bicyclic) bond motifs is 1. The highest BCUT2D eigenvalue weighted by Gasteiger charge is 2.05. The van der Waals surface area contributed by atoms with Crippen molar-refractivity contribution in [3.05, 3.63) is 53.2 Å². The fourth-order valence-electron chi connectivity index (χ4n) is 2.55. The summed E-state index contributed by atoms with van der Waals surface area (Å²) >= 11 is 1.65. The summed E-state index contributed by atoms with van der Waals surface area (Å²) in [6.07, 6.45) is 6.34. The fraction of sp³-hybridized carbons (Fsp3) is 0.250. The van der Waals surface area contributed by atoms with Crippen molar-refractivity contribution < 1.29 is 9.53 Å². The van der Waals surface area contributed by atoms with Gasteiger partial charge in [-0.25, -0.2) is 9.97 Å². The van der Waals surface area contributed by atoms with Crippen LogP contribution in [0.3, 0.4) is 0 Å². The topological polar surface area (TPSA) is 52.1 Å². The van der Waals surface area contributed by atoms with Crippen molar-refractivity contribution in [3.63, 3.8) is 0 Å². The summed E-state index contributed by atoms with van der Waals surface area (Å²) in [4.78, 5) is 19.9. The molecule has 128 valence electrons. The first-order valence-corrected chi connectivity index (χ1v) is 9.00. The quantitative estimate of drug-likeness (QED) is 0.594. The first kappa shape index (κ1) is 17.3. The number of aromatic nitrogens is 2. The molecule has 5 heteroatoms. The maximum atomic E-state index is 11.1. The zero-order chi connectivity index (χ0) is 17.8. The van der Waals surface area contributed by atoms with Crippen LogP contribution in [0.15, 0.2) is 42.6 Å². The molecule has 0 aliphatic rings. The van der Waals surface area contributed by atoms with Crippen LogP contribution in [0, 0.1) is 12.8 Å². The van der Waals surface area contributed by atoms with Gasteiger partial charge in [0.25, 0.3) is 0 Å². The number of carbonyl (C=O) groups excluding carboxylic acids is 1. The van der Waals surface area contributed by atoms with Crippen LogP contribution in [-0.4, -0.2) is 15.8 Å². The number of nitrogens with zero attached hydrogens (tertiary/aromatic N) is 2. The molecule has 1 atom stereocenters. The first-order valence-electron chi connectivity index (χ1n) is 8.18. The van der Waals surface area contributed by atoms with Crippen molar-refractivity contribution in [1.29, 1.82) is 0 Å². The van der Waals surface area contributed by atoms with E-state index in [4.69, 9.17) is 4.74 Å². The molecule has 0 unspecified atom stereocenters. The van der Waals surface area contributed by atoms with Crippen molar-refractivity contribution in [2.75, 3.05) is 0 Å². The Morgan fingerprint density at radius 3 is 2.88 bits per heavy atom. The molecule has 0 saturated heterocycles. The van der Waals surface area contributed by atoms with Crippen molar-refractivity contribution >= 4 is 33.4 Å². The second kappa shape index (κ2) is 7.57. The highest BCUT2D eigenvalue weighted by atomic mass is 32.1. The van der Waals surface area contributed by atoms with Gasteiger partial charge in [-0.05, 0) is 43.5 Å². The highest BCUT2D eigenvalue weighted by Crippen LogP contribution is 2.28. The maximum Gasteiger partial charge on any atom is 0.219 e. The molecular formula is C20H20N2O2S.